The maximum absolute atomic E-state index is 6.22. The molecule has 0 aliphatic carbocycles. The first kappa shape index (κ1) is 16.4. The first-order valence-corrected chi connectivity index (χ1v) is 9.44. The van der Waals surface area contributed by atoms with E-state index < -0.39 is 0 Å². The number of fused-ring (bicyclic) bond motifs is 1. The molecule has 1 unspecified atom stereocenters. The van der Waals surface area contributed by atoms with Crippen molar-refractivity contribution < 1.29 is 4.74 Å². The molecule has 0 saturated heterocycles. The maximum atomic E-state index is 6.22. The van der Waals surface area contributed by atoms with Gasteiger partial charge in [0.25, 0.3) is 0 Å². The smallest absolute Gasteiger partial charge is 0.0903 e. The predicted octanol–water partition coefficient (Wildman–Crippen LogP) is 3.25. The summed E-state index contributed by atoms with van der Waals surface area (Å²) >= 11 is 1.80. The van der Waals surface area contributed by atoms with E-state index >= 15 is 0 Å². The van der Waals surface area contributed by atoms with Gasteiger partial charge in [0.05, 0.1) is 30.6 Å². The zero-order valence-corrected chi connectivity index (χ0v) is 15.2. The topological polar surface area (TPSA) is 43.2 Å². The lowest BCUT2D eigenvalue weighted by atomic mass is 10.3. The van der Waals surface area contributed by atoms with Crippen LogP contribution >= 0.6 is 11.3 Å². The van der Waals surface area contributed by atoms with Crippen molar-refractivity contribution in [2.75, 3.05) is 6.54 Å². The van der Waals surface area contributed by atoms with Gasteiger partial charge in [0.2, 0.25) is 0 Å². The molecule has 0 spiro atoms. The number of nitrogens with zero attached hydrogens (tertiary/aromatic N) is 4. The summed E-state index contributed by atoms with van der Waals surface area (Å²) in [4.78, 5) is 8.36. The van der Waals surface area contributed by atoms with Gasteiger partial charge in [-0.15, -0.1) is 11.3 Å². The second-order valence-corrected chi connectivity index (χ2v) is 7.49. The second-order valence-electron chi connectivity index (χ2n) is 6.46. The summed E-state index contributed by atoms with van der Waals surface area (Å²) in [5.41, 5.74) is 3.25. The SMILES string of the molecule is Cc1cccc(COC2CN(Cc3cccs3)Cc3ccnn3C2)n1. The third-order valence-electron chi connectivity index (χ3n) is 4.40. The van der Waals surface area contributed by atoms with E-state index in [0.29, 0.717) is 6.61 Å². The van der Waals surface area contributed by atoms with Crippen LogP contribution in [0.1, 0.15) is 22.0 Å². The molecule has 0 bridgehead atoms. The van der Waals surface area contributed by atoms with E-state index in [4.69, 9.17) is 4.74 Å². The van der Waals surface area contributed by atoms with E-state index in [0.717, 1.165) is 37.6 Å². The second kappa shape index (κ2) is 7.47. The Morgan fingerprint density at radius 2 is 2.16 bits per heavy atom. The summed E-state index contributed by atoms with van der Waals surface area (Å²) in [6.07, 6.45) is 1.98. The zero-order valence-electron chi connectivity index (χ0n) is 14.3. The van der Waals surface area contributed by atoms with Crippen LogP contribution in [0, 0.1) is 6.92 Å². The minimum atomic E-state index is 0.100. The standard InChI is InChI=1S/C19H22N4OS/c1-15-4-2-5-16(21-15)14-24-18-11-22(13-19-6-3-9-25-19)10-17-7-8-20-23(17)12-18/h2-9,18H,10-14H2,1H3. The minimum Gasteiger partial charge on any atom is -0.369 e. The Morgan fingerprint density at radius 3 is 3.00 bits per heavy atom. The lowest BCUT2D eigenvalue weighted by Crippen LogP contribution is -2.32. The average Bonchev–Trinajstić information content (AvgIpc) is 3.22. The summed E-state index contributed by atoms with van der Waals surface area (Å²) in [5.74, 6) is 0. The first-order valence-electron chi connectivity index (χ1n) is 8.56. The van der Waals surface area contributed by atoms with Crippen molar-refractivity contribution in [1.82, 2.24) is 19.7 Å². The molecule has 0 aromatic carbocycles. The van der Waals surface area contributed by atoms with Gasteiger partial charge < -0.3 is 4.74 Å². The Hall–Kier alpha value is -2.02. The van der Waals surface area contributed by atoms with Crippen molar-refractivity contribution in [2.24, 2.45) is 0 Å². The van der Waals surface area contributed by atoms with Crippen LogP contribution < -0.4 is 0 Å². The average molecular weight is 354 g/mol. The van der Waals surface area contributed by atoms with E-state index in [-0.39, 0.29) is 6.10 Å². The van der Waals surface area contributed by atoms with Gasteiger partial charge in [-0.25, -0.2) is 0 Å². The molecule has 1 atom stereocenters. The largest absolute Gasteiger partial charge is 0.369 e. The van der Waals surface area contributed by atoms with Crippen molar-refractivity contribution in [3.8, 4) is 0 Å². The van der Waals surface area contributed by atoms with E-state index in [1.165, 1.54) is 10.6 Å². The molecule has 0 fully saturated rings. The molecule has 6 heteroatoms. The van der Waals surface area contributed by atoms with Gasteiger partial charge in [-0.2, -0.15) is 5.10 Å². The van der Waals surface area contributed by atoms with Crippen LogP contribution in [0.15, 0.2) is 48.0 Å². The molecule has 1 aliphatic rings. The van der Waals surface area contributed by atoms with Gasteiger partial charge in [0, 0.05) is 36.4 Å². The summed E-state index contributed by atoms with van der Waals surface area (Å²) in [7, 11) is 0. The molecule has 130 valence electrons. The molecule has 1 aliphatic heterocycles. The van der Waals surface area contributed by atoms with Gasteiger partial charge in [-0.05, 0) is 36.6 Å². The Morgan fingerprint density at radius 1 is 1.20 bits per heavy atom. The Bertz CT molecular complexity index is 814. The highest BCUT2D eigenvalue weighted by Gasteiger charge is 2.23. The highest BCUT2D eigenvalue weighted by Crippen LogP contribution is 2.19. The van der Waals surface area contributed by atoms with Gasteiger partial charge in [-0.1, -0.05) is 12.1 Å². The van der Waals surface area contributed by atoms with Crippen LogP contribution in [0.4, 0.5) is 0 Å². The van der Waals surface area contributed by atoms with Crippen LogP contribution in [0.25, 0.3) is 0 Å². The van der Waals surface area contributed by atoms with Crippen LogP contribution in [-0.2, 0) is 31.0 Å². The summed E-state index contributed by atoms with van der Waals surface area (Å²) in [6, 6.07) is 12.5. The minimum absolute atomic E-state index is 0.100. The number of aryl methyl sites for hydroxylation is 1. The fourth-order valence-electron chi connectivity index (χ4n) is 3.22. The van der Waals surface area contributed by atoms with E-state index in [1.807, 2.05) is 31.3 Å². The molecule has 0 N–H and O–H groups in total. The number of aromatic nitrogens is 3. The van der Waals surface area contributed by atoms with Gasteiger partial charge in [-0.3, -0.25) is 14.6 Å². The number of pyridine rings is 1. The summed E-state index contributed by atoms with van der Waals surface area (Å²) < 4.78 is 8.29. The predicted molar refractivity (Wildman–Crippen MR) is 98.2 cm³/mol. The van der Waals surface area contributed by atoms with Crippen LogP contribution in [0.2, 0.25) is 0 Å². The normalized spacial score (nSPS) is 18.0. The Kier molecular flexibility index (Phi) is 4.92. The lowest BCUT2D eigenvalue weighted by molar-refractivity contribution is 0.00589. The molecule has 0 amide bonds. The van der Waals surface area contributed by atoms with Gasteiger partial charge in [0.15, 0.2) is 0 Å². The van der Waals surface area contributed by atoms with E-state index in [1.54, 1.807) is 11.3 Å². The third kappa shape index (κ3) is 4.15. The molecule has 0 radical (unpaired) electrons. The Labute approximate surface area is 151 Å². The fraction of sp³-hybridized carbons (Fsp3) is 0.368. The third-order valence-corrected chi connectivity index (χ3v) is 5.26. The molecule has 0 saturated carbocycles. The number of hydrogen-bond donors (Lipinski definition) is 0. The number of rotatable bonds is 5. The molecular formula is C19H22N4OS. The van der Waals surface area contributed by atoms with Crippen LogP contribution in [-0.4, -0.2) is 32.3 Å². The molecule has 5 nitrogen and oxygen atoms in total. The Balaban J connectivity index is 1.46. The highest BCUT2D eigenvalue weighted by molar-refractivity contribution is 7.09. The molecule has 3 aromatic heterocycles. The van der Waals surface area contributed by atoms with Gasteiger partial charge >= 0.3 is 0 Å². The molecule has 4 rings (SSSR count). The highest BCUT2D eigenvalue weighted by atomic mass is 32.1. The molecule has 4 heterocycles. The number of ether oxygens (including phenoxy) is 1. The van der Waals surface area contributed by atoms with Crippen molar-refractivity contribution in [1.29, 1.82) is 0 Å². The maximum Gasteiger partial charge on any atom is 0.0903 e. The molecule has 25 heavy (non-hydrogen) atoms. The summed E-state index contributed by atoms with van der Waals surface area (Å²) in [6.45, 7) is 6.08. The van der Waals surface area contributed by atoms with Crippen molar-refractivity contribution in [3.05, 3.63) is 69.9 Å². The first-order chi connectivity index (χ1) is 12.3. The van der Waals surface area contributed by atoms with Crippen molar-refractivity contribution >= 4 is 11.3 Å². The summed E-state index contributed by atoms with van der Waals surface area (Å²) in [5, 5.41) is 6.60. The van der Waals surface area contributed by atoms with Crippen LogP contribution in [0.5, 0.6) is 0 Å². The quantitative estimate of drug-likeness (QED) is 0.705. The number of thiophene rings is 1. The van der Waals surface area contributed by atoms with Crippen molar-refractivity contribution in [3.63, 3.8) is 0 Å². The zero-order chi connectivity index (χ0) is 17.1. The van der Waals surface area contributed by atoms with E-state index in [2.05, 4.69) is 43.2 Å². The van der Waals surface area contributed by atoms with Crippen molar-refractivity contribution in [2.45, 2.75) is 39.3 Å². The lowest BCUT2D eigenvalue weighted by Gasteiger charge is -2.23. The number of hydrogen-bond acceptors (Lipinski definition) is 5. The molecule has 3 aromatic rings. The van der Waals surface area contributed by atoms with E-state index in [9.17, 15) is 0 Å². The monoisotopic (exact) mass is 354 g/mol. The fourth-order valence-corrected chi connectivity index (χ4v) is 3.97. The van der Waals surface area contributed by atoms with Crippen LogP contribution in [0.3, 0.4) is 0 Å². The molecular weight excluding hydrogens is 332 g/mol. The van der Waals surface area contributed by atoms with Gasteiger partial charge in [0.1, 0.15) is 0 Å².